The highest BCUT2D eigenvalue weighted by atomic mass is 19.1. The van der Waals surface area contributed by atoms with E-state index in [0.717, 1.165) is 18.3 Å². The molecular weight excluding hydrogens is 367 g/mol. The predicted octanol–water partition coefficient (Wildman–Crippen LogP) is 8.74. The van der Waals surface area contributed by atoms with E-state index in [4.69, 9.17) is 0 Å². The minimum absolute atomic E-state index is 0.191. The average molecular weight is 407 g/mol. The van der Waals surface area contributed by atoms with Crippen LogP contribution < -0.4 is 0 Å². The van der Waals surface area contributed by atoms with Crippen LogP contribution in [0.5, 0.6) is 0 Å². The van der Waals surface area contributed by atoms with Crippen LogP contribution in [0.3, 0.4) is 0 Å². The minimum atomic E-state index is -0.191. The molecule has 0 aromatic heterocycles. The van der Waals surface area contributed by atoms with Crippen molar-refractivity contribution in [1.29, 1.82) is 0 Å². The molecule has 1 heteroatoms. The van der Waals surface area contributed by atoms with Gasteiger partial charge in [-0.1, -0.05) is 74.0 Å². The summed E-state index contributed by atoms with van der Waals surface area (Å²) in [6.07, 6.45) is 17.6. The van der Waals surface area contributed by atoms with Gasteiger partial charge in [0.15, 0.2) is 0 Å². The van der Waals surface area contributed by atoms with Crippen LogP contribution in [0, 0.1) is 11.8 Å². The lowest BCUT2D eigenvalue weighted by atomic mass is 9.79. The first-order chi connectivity index (χ1) is 14.8. The highest BCUT2D eigenvalue weighted by Gasteiger charge is 2.19. The van der Waals surface area contributed by atoms with Gasteiger partial charge in [-0.25, -0.2) is 0 Å². The number of aryl methyl sites for hydroxylation is 2. The lowest BCUT2D eigenvalue weighted by Gasteiger charge is -2.26. The third-order valence-electron chi connectivity index (χ3n) is 6.71. The highest BCUT2D eigenvalue weighted by Crippen LogP contribution is 2.32. The maximum Gasteiger partial charge on any atom is 0.0897 e. The molecule has 0 unspecified atom stereocenters. The van der Waals surface area contributed by atoms with E-state index < -0.39 is 0 Å². The second-order valence-electron chi connectivity index (χ2n) is 9.08. The van der Waals surface area contributed by atoms with E-state index >= 15 is 0 Å². The van der Waals surface area contributed by atoms with Gasteiger partial charge >= 0.3 is 0 Å². The fourth-order valence-electron chi connectivity index (χ4n) is 4.63. The first-order valence-electron chi connectivity index (χ1n) is 12.2. The van der Waals surface area contributed by atoms with Gasteiger partial charge in [0.2, 0.25) is 0 Å². The fourth-order valence-corrected chi connectivity index (χ4v) is 4.63. The standard InChI is InChI=1S/C29H39F/c1-2-3-7-24-15-19-28(20-16-24)29-21-17-27(18-22-29)14-13-26-11-9-25(10-12-26)8-5-4-6-23-30/h5,8,15-22,25-26H,2-4,6-7,9-14,23H2,1H3/b8-5+. The number of unbranched alkanes of at least 4 members (excludes halogenated alkanes) is 2. The maximum absolute atomic E-state index is 12.2. The van der Waals surface area contributed by atoms with Crippen LogP contribution in [0.2, 0.25) is 0 Å². The number of hydrogen-bond acceptors (Lipinski definition) is 0. The normalized spacial score (nSPS) is 19.4. The average Bonchev–Trinajstić information content (AvgIpc) is 2.81. The number of alkyl halides is 1. The Bertz CT molecular complexity index is 733. The zero-order chi connectivity index (χ0) is 21.0. The molecule has 0 aliphatic heterocycles. The van der Waals surface area contributed by atoms with Crippen molar-refractivity contribution in [3.8, 4) is 11.1 Å². The summed E-state index contributed by atoms with van der Waals surface area (Å²) in [7, 11) is 0. The molecule has 162 valence electrons. The van der Waals surface area contributed by atoms with Crippen molar-refractivity contribution >= 4 is 0 Å². The van der Waals surface area contributed by atoms with Gasteiger partial charge in [0.1, 0.15) is 0 Å². The lowest BCUT2D eigenvalue weighted by Crippen LogP contribution is -2.13. The van der Waals surface area contributed by atoms with E-state index in [1.807, 2.05) is 0 Å². The molecule has 3 rings (SSSR count). The molecule has 0 saturated heterocycles. The van der Waals surface area contributed by atoms with Crippen molar-refractivity contribution in [2.45, 2.75) is 77.6 Å². The van der Waals surface area contributed by atoms with Crippen LogP contribution in [0.25, 0.3) is 11.1 Å². The van der Waals surface area contributed by atoms with Crippen LogP contribution in [0.15, 0.2) is 60.7 Å². The fraction of sp³-hybridized carbons (Fsp3) is 0.517. The molecule has 2 aromatic carbocycles. The summed E-state index contributed by atoms with van der Waals surface area (Å²) in [6.45, 7) is 2.06. The molecule has 0 spiro atoms. The molecule has 0 bridgehead atoms. The number of rotatable bonds is 11. The molecule has 1 saturated carbocycles. The second kappa shape index (κ2) is 12.7. The molecule has 0 radical (unpaired) electrons. The molecule has 1 fully saturated rings. The Hall–Kier alpha value is -1.89. The van der Waals surface area contributed by atoms with E-state index in [0.29, 0.717) is 6.42 Å². The Morgan fingerprint density at radius 1 is 0.800 bits per heavy atom. The summed E-state index contributed by atoms with van der Waals surface area (Å²) in [5.74, 6) is 1.60. The SMILES string of the molecule is CCCCc1ccc(-c2ccc(CCC3CCC(/C=C/CCCF)CC3)cc2)cc1. The smallest absolute Gasteiger partial charge is 0.0897 e. The van der Waals surface area contributed by atoms with Crippen molar-refractivity contribution in [3.05, 3.63) is 71.8 Å². The Kier molecular flexibility index (Phi) is 9.67. The molecule has 0 heterocycles. The third-order valence-corrected chi connectivity index (χ3v) is 6.71. The quantitative estimate of drug-likeness (QED) is 0.258. The van der Waals surface area contributed by atoms with Crippen LogP contribution in [-0.4, -0.2) is 6.67 Å². The second-order valence-corrected chi connectivity index (χ2v) is 9.08. The van der Waals surface area contributed by atoms with E-state index in [2.05, 4.69) is 67.6 Å². The molecule has 0 N–H and O–H groups in total. The van der Waals surface area contributed by atoms with E-state index in [1.54, 1.807) is 0 Å². The predicted molar refractivity (Wildman–Crippen MR) is 129 cm³/mol. The van der Waals surface area contributed by atoms with Crippen molar-refractivity contribution in [1.82, 2.24) is 0 Å². The van der Waals surface area contributed by atoms with Crippen molar-refractivity contribution in [3.63, 3.8) is 0 Å². The molecular formula is C29H39F. The summed E-state index contributed by atoms with van der Waals surface area (Å²) in [5.41, 5.74) is 5.55. The maximum atomic E-state index is 12.2. The van der Waals surface area contributed by atoms with Gasteiger partial charge in [0.25, 0.3) is 0 Å². The molecule has 0 nitrogen and oxygen atoms in total. The third kappa shape index (κ3) is 7.42. The minimum Gasteiger partial charge on any atom is -0.251 e. The summed E-state index contributed by atoms with van der Waals surface area (Å²) in [6, 6.07) is 18.3. The first-order valence-corrected chi connectivity index (χ1v) is 12.2. The van der Waals surface area contributed by atoms with Crippen molar-refractivity contribution in [2.24, 2.45) is 11.8 Å². The number of allylic oxidation sites excluding steroid dienone is 2. The largest absolute Gasteiger partial charge is 0.251 e. The molecule has 1 aliphatic carbocycles. The van der Waals surface area contributed by atoms with Crippen LogP contribution >= 0.6 is 0 Å². The van der Waals surface area contributed by atoms with E-state index in [1.165, 1.54) is 80.0 Å². The highest BCUT2D eigenvalue weighted by molar-refractivity contribution is 5.64. The summed E-state index contributed by atoms with van der Waals surface area (Å²) in [5, 5.41) is 0. The Labute approximate surface area is 183 Å². The van der Waals surface area contributed by atoms with Gasteiger partial charge in [0.05, 0.1) is 6.67 Å². The number of hydrogen-bond donors (Lipinski definition) is 0. The molecule has 1 aliphatic rings. The number of halogens is 1. The summed E-state index contributed by atoms with van der Waals surface area (Å²) >= 11 is 0. The molecule has 0 amide bonds. The van der Waals surface area contributed by atoms with E-state index in [-0.39, 0.29) is 6.67 Å². The van der Waals surface area contributed by atoms with Gasteiger partial charge in [-0.15, -0.1) is 0 Å². The van der Waals surface area contributed by atoms with Gasteiger partial charge < -0.3 is 0 Å². The Morgan fingerprint density at radius 2 is 1.40 bits per heavy atom. The number of benzene rings is 2. The zero-order valence-electron chi connectivity index (χ0n) is 18.8. The Morgan fingerprint density at radius 3 is 1.97 bits per heavy atom. The molecule has 30 heavy (non-hydrogen) atoms. The van der Waals surface area contributed by atoms with Gasteiger partial charge in [-0.3, -0.25) is 4.39 Å². The van der Waals surface area contributed by atoms with Crippen LogP contribution in [-0.2, 0) is 12.8 Å². The van der Waals surface area contributed by atoms with Gasteiger partial charge in [-0.2, -0.15) is 0 Å². The van der Waals surface area contributed by atoms with E-state index in [9.17, 15) is 4.39 Å². The Balaban J connectivity index is 1.41. The van der Waals surface area contributed by atoms with Crippen LogP contribution in [0.4, 0.5) is 4.39 Å². The monoisotopic (exact) mass is 406 g/mol. The molecule has 0 atom stereocenters. The lowest BCUT2D eigenvalue weighted by molar-refractivity contribution is 0.296. The van der Waals surface area contributed by atoms with Gasteiger partial charge in [-0.05, 0) is 98.3 Å². The topological polar surface area (TPSA) is 0 Å². The van der Waals surface area contributed by atoms with Crippen molar-refractivity contribution in [2.75, 3.05) is 6.67 Å². The van der Waals surface area contributed by atoms with Crippen molar-refractivity contribution < 1.29 is 4.39 Å². The van der Waals surface area contributed by atoms with Crippen LogP contribution in [0.1, 0.15) is 75.8 Å². The first kappa shape index (κ1) is 22.8. The van der Waals surface area contributed by atoms with Gasteiger partial charge in [0, 0.05) is 0 Å². The molecule has 2 aromatic rings. The summed E-state index contributed by atoms with van der Waals surface area (Å²) < 4.78 is 12.2. The zero-order valence-corrected chi connectivity index (χ0v) is 18.8. The summed E-state index contributed by atoms with van der Waals surface area (Å²) in [4.78, 5) is 0.